The fourth-order valence-corrected chi connectivity index (χ4v) is 1.46. The standard InChI is InChI=1S/C13H18N2O/c1-4-5-13(16)12(10-15(2)3)11-6-8-14-9-7-11/h6-10H,4-5H2,1-3H3. The lowest BCUT2D eigenvalue weighted by Crippen LogP contribution is -2.08. The minimum atomic E-state index is 0.183. The second-order valence-electron chi connectivity index (χ2n) is 3.92. The van der Waals surface area contributed by atoms with Gasteiger partial charge < -0.3 is 4.90 Å². The van der Waals surface area contributed by atoms with Gasteiger partial charge in [-0.15, -0.1) is 0 Å². The molecule has 0 atom stereocenters. The summed E-state index contributed by atoms with van der Waals surface area (Å²) in [5, 5.41) is 0. The maximum atomic E-state index is 12.0. The van der Waals surface area contributed by atoms with E-state index < -0.39 is 0 Å². The van der Waals surface area contributed by atoms with Crippen LogP contribution in [0.1, 0.15) is 25.3 Å². The van der Waals surface area contributed by atoms with Crippen LogP contribution >= 0.6 is 0 Å². The Bertz CT molecular complexity index is 369. The average Bonchev–Trinajstić information content (AvgIpc) is 2.27. The topological polar surface area (TPSA) is 33.2 Å². The molecule has 16 heavy (non-hydrogen) atoms. The van der Waals surface area contributed by atoms with Gasteiger partial charge in [-0.3, -0.25) is 9.78 Å². The van der Waals surface area contributed by atoms with Crippen LogP contribution in [0.5, 0.6) is 0 Å². The van der Waals surface area contributed by atoms with Gasteiger partial charge in [-0.25, -0.2) is 0 Å². The first-order valence-corrected chi connectivity index (χ1v) is 5.47. The van der Waals surface area contributed by atoms with Crippen LogP contribution in [0.3, 0.4) is 0 Å². The summed E-state index contributed by atoms with van der Waals surface area (Å²) in [6, 6.07) is 3.73. The number of nitrogens with zero attached hydrogens (tertiary/aromatic N) is 2. The molecular weight excluding hydrogens is 200 g/mol. The number of hydrogen-bond acceptors (Lipinski definition) is 3. The van der Waals surface area contributed by atoms with Gasteiger partial charge >= 0.3 is 0 Å². The Labute approximate surface area is 96.8 Å². The molecule has 0 aliphatic carbocycles. The van der Waals surface area contributed by atoms with E-state index in [1.165, 1.54) is 0 Å². The number of pyridine rings is 1. The Morgan fingerprint density at radius 3 is 2.50 bits per heavy atom. The van der Waals surface area contributed by atoms with Crippen LogP contribution in [0.25, 0.3) is 5.57 Å². The minimum Gasteiger partial charge on any atom is -0.383 e. The molecule has 86 valence electrons. The number of rotatable bonds is 5. The molecule has 0 bridgehead atoms. The molecule has 0 unspecified atom stereocenters. The highest BCUT2D eigenvalue weighted by molar-refractivity contribution is 6.20. The van der Waals surface area contributed by atoms with Crippen molar-refractivity contribution in [3.05, 3.63) is 36.3 Å². The lowest BCUT2D eigenvalue weighted by atomic mass is 10.0. The smallest absolute Gasteiger partial charge is 0.164 e. The van der Waals surface area contributed by atoms with Crippen LogP contribution in [0.15, 0.2) is 30.7 Å². The van der Waals surface area contributed by atoms with Crippen molar-refractivity contribution in [3.63, 3.8) is 0 Å². The highest BCUT2D eigenvalue weighted by atomic mass is 16.1. The maximum absolute atomic E-state index is 12.0. The van der Waals surface area contributed by atoms with Gasteiger partial charge in [0, 0.05) is 44.7 Å². The van der Waals surface area contributed by atoms with Crippen LogP contribution in [0, 0.1) is 0 Å². The van der Waals surface area contributed by atoms with Crippen LogP contribution in [0.4, 0.5) is 0 Å². The Balaban J connectivity index is 3.02. The van der Waals surface area contributed by atoms with Crippen molar-refractivity contribution in [2.24, 2.45) is 0 Å². The summed E-state index contributed by atoms with van der Waals surface area (Å²) in [4.78, 5) is 17.8. The number of ketones is 1. The van der Waals surface area contributed by atoms with Crippen LogP contribution in [0.2, 0.25) is 0 Å². The van der Waals surface area contributed by atoms with Crippen LogP contribution < -0.4 is 0 Å². The first kappa shape index (κ1) is 12.4. The van der Waals surface area contributed by atoms with Gasteiger partial charge in [-0.1, -0.05) is 6.92 Å². The quantitative estimate of drug-likeness (QED) is 0.711. The first-order chi connectivity index (χ1) is 7.65. The highest BCUT2D eigenvalue weighted by Crippen LogP contribution is 2.17. The number of aromatic nitrogens is 1. The Morgan fingerprint density at radius 2 is 2.00 bits per heavy atom. The van der Waals surface area contributed by atoms with Crippen molar-refractivity contribution in [3.8, 4) is 0 Å². The van der Waals surface area contributed by atoms with Gasteiger partial charge in [0.1, 0.15) is 0 Å². The van der Waals surface area contributed by atoms with E-state index in [4.69, 9.17) is 0 Å². The van der Waals surface area contributed by atoms with Gasteiger partial charge in [0.05, 0.1) is 0 Å². The molecule has 0 N–H and O–H groups in total. The van der Waals surface area contributed by atoms with E-state index >= 15 is 0 Å². The molecule has 0 fully saturated rings. The fourth-order valence-electron chi connectivity index (χ4n) is 1.46. The molecule has 0 amide bonds. The second kappa shape index (κ2) is 6.05. The molecule has 1 heterocycles. The van der Waals surface area contributed by atoms with Crippen molar-refractivity contribution in [1.82, 2.24) is 9.88 Å². The van der Waals surface area contributed by atoms with Gasteiger partial charge in [0.2, 0.25) is 0 Å². The SMILES string of the molecule is CCCC(=O)C(=CN(C)C)c1ccncc1. The predicted molar refractivity (Wildman–Crippen MR) is 65.8 cm³/mol. The molecule has 0 aliphatic heterocycles. The fraction of sp³-hybridized carbons (Fsp3) is 0.385. The van der Waals surface area contributed by atoms with Crippen LogP contribution in [-0.4, -0.2) is 29.8 Å². The monoisotopic (exact) mass is 218 g/mol. The summed E-state index contributed by atoms with van der Waals surface area (Å²) in [6.07, 6.45) is 6.74. The Hall–Kier alpha value is -1.64. The van der Waals surface area contributed by atoms with Crippen molar-refractivity contribution < 1.29 is 4.79 Å². The van der Waals surface area contributed by atoms with Crippen molar-refractivity contribution >= 4 is 11.4 Å². The van der Waals surface area contributed by atoms with E-state index in [-0.39, 0.29) is 5.78 Å². The normalized spacial score (nSPS) is 11.3. The third kappa shape index (κ3) is 3.50. The van der Waals surface area contributed by atoms with E-state index in [1.54, 1.807) is 12.4 Å². The Kier molecular flexibility index (Phi) is 4.70. The zero-order valence-corrected chi connectivity index (χ0v) is 10.1. The molecule has 3 nitrogen and oxygen atoms in total. The maximum Gasteiger partial charge on any atom is 0.164 e. The van der Waals surface area contributed by atoms with E-state index in [9.17, 15) is 4.79 Å². The molecule has 1 aromatic rings. The third-order valence-electron chi connectivity index (χ3n) is 2.16. The summed E-state index contributed by atoms with van der Waals surface area (Å²) < 4.78 is 0. The van der Waals surface area contributed by atoms with Crippen LogP contribution in [-0.2, 0) is 4.79 Å². The van der Waals surface area contributed by atoms with E-state index in [0.29, 0.717) is 6.42 Å². The number of hydrogen-bond donors (Lipinski definition) is 0. The first-order valence-electron chi connectivity index (χ1n) is 5.47. The summed E-state index contributed by atoms with van der Waals surface area (Å²) in [5.41, 5.74) is 1.69. The molecule has 1 aromatic heterocycles. The second-order valence-corrected chi connectivity index (χ2v) is 3.92. The van der Waals surface area contributed by atoms with E-state index in [1.807, 2.05) is 44.3 Å². The van der Waals surface area contributed by atoms with E-state index in [0.717, 1.165) is 17.6 Å². The molecule has 3 heteroatoms. The number of carbonyl (C=O) groups is 1. The minimum absolute atomic E-state index is 0.183. The zero-order chi connectivity index (χ0) is 12.0. The van der Waals surface area contributed by atoms with Gasteiger partial charge in [-0.05, 0) is 24.1 Å². The van der Waals surface area contributed by atoms with Gasteiger partial charge in [-0.2, -0.15) is 0 Å². The highest BCUT2D eigenvalue weighted by Gasteiger charge is 2.11. The molecule has 0 aliphatic rings. The number of carbonyl (C=O) groups excluding carboxylic acids is 1. The summed E-state index contributed by atoms with van der Waals surface area (Å²) in [7, 11) is 3.83. The summed E-state index contributed by atoms with van der Waals surface area (Å²) in [5.74, 6) is 0.183. The van der Waals surface area contributed by atoms with Crippen molar-refractivity contribution in [2.75, 3.05) is 14.1 Å². The van der Waals surface area contributed by atoms with Crippen molar-refractivity contribution in [2.45, 2.75) is 19.8 Å². The molecule has 0 spiro atoms. The molecule has 0 saturated heterocycles. The van der Waals surface area contributed by atoms with Gasteiger partial charge in [0.15, 0.2) is 5.78 Å². The lowest BCUT2D eigenvalue weighted by Gasteiger charge is -2.11. The molecule has 0 radical (unpaired) electrons. The zero-order valence-electron chi connectivity index (χ0n) is 10.1. The molecular formula is C13H18N2O. The van der Waals surface area contributed by atoms with E-state index in [2.05, 4.69) is 4.98 Å². The Morgan fingerprint density at radius 1 is 1.38 bits per heavy atom. The lowest BCUT2D eigenvalue weighted by molar-refractivity contribution is -0.113. The molecule has 0 aromatic carbocycles. The average molecular weight is 218 g/mol. The van der Waals surface area contributed by atoms with Gasteiger partial charge in [0.25, 0.3) is 0 Å². The van der Waals surface area contributed by atoms with Crippen molar-refractivity contribution in [1.29, 1.82) is 0 Å². The number of allylic oxidation sites excluding steroid dienone is 1. The third-order valence-corrected chi connectivity index (χ3v) is 2.16. The summed E-state index contributed by atoms with van der Waals surface area (Å²) in [6.45, 7) is 2.01. The largest absolute Gasteiger partial charge is 0.383 e. The molecule has 1 rings (SSSR count). The predicted octanol–water partition coefficient (Wildman–Crippen LogP) is 2.35. The molecule has 0 saturated carbocycles. The summed E-state index contributed by atoms with van der Waals surface area (Å²) >= 11 is 0. The number of Topliss-reactive ketones (excluding diaryl/α,β-unsaturated/α-hetero) is 1.